The maximum absolute atomic E-state index is 6.11. The Labute approximate surface area is 161 Å². The molecule has 0 spiro atoms. The van der Waals surface area contributed by atoms with Crippen LogP contribution in [0.2, 0.25) is 10.0 Å². The molecule has 0 amide bonds. The van der Waals surface area contributed by atoms with Gasteiger partial charge < -0.3 is 0 Å². The zero-order valence-corrected chi connectivity index (χ0v) is 16.4. The standard InChI is InChI=1S/C22H27Cl2N/c1-2-3-4-17-13-15-25(16-14-17)22(18-5-9-20(23)10-6-18)19-7-11-21(24)12-8-19/h5-12,17,22H,2-4,13-16H2,1H3. The van der Waals surface area contributed by atoms with E-state index in [0.29, 0.717) is 0 Å². The van der Waals surface area contributed by atoms with Gasteiger partial charge in [-0.05, 0) is 67.2 Å². The summed E-state index contributed by atoms with van der Waals surface area (Å²) in [6, 6.07) is 16.9. The van der Waals surface area contributed by atoms with E-state index in [0.717, 1.165) is 29.1 Å². The van der Waals surface area contributed by atoms with Crippen molar-refractivity contribution in [2.75, 3.05) is 13.1 Å². The van der Waals surface area contributed by atoms with E-state index in [2.05, 4.69) is 36.1 Å². The van der Waals surface area contributed by atoms with Gasteiger partial charge in [0, 0.05) is 10.0 Å². The molecule has 2 aromatic rings. The minimum atomic E-state index is 0.279. The molecule has 0 aliphatic carbocycles. The number of nitrogens with zero attached hydrogens (tertiary/aromatic N) is 1. The normalized spacial score (nSPS) is 16.5. The molecule has 3 rings (SSSR count). The largest absolute Gasteiger partial charge is 0.292 e. The molecule has 0 radical (unpaired) electrons. The molecule has 1 nitrogen and oxygen atoms in total. The van der Waals surface area contributed by atoms with Crippen molar-refractivity contribution in [1.29, 1.82) is 0 Å². The van der Waals surface area contributed by atoms with Gasteiger partial charge in [-0.25, -0.2) is 0 Å². The topological polar surface area (TPSA) is 3.24 Å². The number of likely N-dealkylation sites (tertiary alicyclic amines) is 1. The summed E-state index contributed by atoms with van der Waals surface area (Å²) >= 11 is 12.2. The second-order valence-corrected chi connectivity index (χ2v) is 8.00. The van der Waals surface area contributed by atoms with Crippen LogP contribution in [-0.4, -0.2) is 18.0 Å². The highest BCUT2D eigenvalue weighted by atomic mass is 35.5. The van der Waals surface area contributed by atoms with E-state index in [-0.39, 0.29) is 6.04 Å². The summed E-state index contributed by atoms with van der Waals surface area (Å²) in [7, 11) is 0. The molecule has 1 aliphatic heterocycles. The van der Waals surface area contributed by atoms with Gasteiger partial charge in [-0.2, -0.15) is 0 Å². The lowest BCUT2D eigenvalue weighted by molar-refractivity contribution is 0.146. The Bertz CT molecular complexity index is 597. The first-order valence-electron chi connectivity index (χ1n) is 9.42. The van der Waals surface area contributed by atoms with E-state index >= 15 is 0 Å². The molecule has 134 valence electrons. The second kappa shape index (κ2) is 9.07. The lowest BCUT2D eigenvalue weighted by atomic mass is 9.88. The third kappa shape index (κ3) is 5.00. The van der Waals surface area contributed by atoms with Crippen molar-refractivity contribution in [2.45, 2.75) is 45.1 Å². The van der Waals surface area contributed by atoms with Crippen LogP contribution in [0.3, 0.4) is 0 Å². The summed E-state index contributed by atoms with van der Waals surface area (Å²) in [5, 5.41) is 1.58. The highest BCUT2D eigenvalue weighted by Crippen LogP contribution is 2.34. The van der Waals surface area contributed by atoms with Gasteiger partial charge in [-0.3, -0.25) is 4.90 Å². The number of benzene rings is 2. The van der Waals surface area contributed by atoms with Crippen molar-refractivity contribution in [1.82, 2.24) is 4.90 Å². The smallest absolute Gasteiger partial charge is 0.0601 e. The van der Waals surface area contributed by atoms with Crippen LogP contribution in [0.1, 0.15) is 56.2 Å². The average molecular weight is 376 g/mol. The van der Waals surface area contributed by atoms with Gasteiger partial charge in [0.25, 0.3) is 0 Å². The molecule has 2 aromatic carbocycles. The molecule has 1 heterocycles. The van der Waals surface area contributed by atoms with E-state index in [1.807, 2.05) is 24.3 Å². The first-order valence-corrected chi connectivity index (χ1v) is 10.2. The summed E-state index contributed by atoms with van der Waals surface area (Å²) in [5.41, 5.74) is 2.61. The van der Waals surface area contributed by atoms with E-state index in [9.17, 15) is 0 Å². The molecule has 3 heteroatoms. The Kier molecular flexibility index (Phi) is 6.81. The zero-order chi connectivity index (χ0) is 17.6. The Morgan fingerprint density at radius 1 is 0.880 bits per heavy atom. The maximum atomic E-state index is 6.11. The van der Waals surface area contributed by atoms with E-state index in [1.165, 1.54) is 43.2 Å². The number of piperidine rings is 1. The van der Waals surface area contributed by atoms with Crippen LogP contribution in [-0.2, 0) is 0 Å². The number of unbranched alkanes of at least 4 members (excludes halogenated alkanes) is 1. The molecule has 0 N–H and O–H groups in total. The molecular formula is C22H27Cl2N. The Morgan fingerprint density at radius 2 is 1.36 bits per heavy atom. The molecule has 0 saturated carbocycles. The van der Waals surface area contributed by atoms with Crippen LogP contribution in [0.5, 0.6) is 0 Å². The quantitative estimate of drug-likeness (QED) is 0.525. The van der Waals surface area contributed by atoms with Crippen molar-refractivity contribution >= 4 is 23.2 Å². The minimum Gasteiger partial charge on any atom is -0.292 e. The molecule has 1 fully saturated rings. The van der Waals surface area contributed by atoms with Crippen LogP contribution in [0.25, 0.3) is 0 Å². The van der Waals surface area contributed by atoms with Gasteiger partial charge in [-0.1, -0.05) is 73.7 Å². The van der Waals surface area contributed by atoms with Crippen LogP contribution < -0.4 is 0 Å². The molecule has 0 bridgehead atoms. The Hall–Kier alpha value is -1.02. The fourth-order valence-corrected chi connectivity index (χ4v) is 4.15. The molecule has 0 unspecified atom stereocenters. The summed E-state index contributed by atoms with van der Waals surface area (Å²) < 4.78 is 0. The lowest BCUT2D eigenvalue weighted by Crippen LogP contribution is -2.37. The van der Waals surface area contributed by atoms with Crippen molar-refractivity contribution in [2.24, 2.45) is 5.92 Å². The summed E-state index contributed by atoms with van der Waals surface area (Å²) in [5.74, 6) is 0.896. The van der Waals surface area contributed by atoms with Gasteiger partial charge in [0.1, 0.15) is 0 Å². The fourth-order valence-electron chi connectivity index (χ4n) is 3.90. The average Bonchev–Trinajstić information content (AvgIpc) is 2.64. The third-order valence-corrected chi connectivity index (χ3v) is 5.86. The highest BCUT2D eigenvalue weighted by Gasteiger charge is 2.27. The van der Waals surface area contributed by atoms with Gasteiger partial charge >= 0.3 is 0 Å². The van der Waals surface area contributed by atoms with Gasteiger partial charge in [0.2, 0.25) is 0 Å². The number of hydrogen-bond acceptors (Lipinski definition) is 1. The molecular weight excluding hydrogens is 349 g/mol. The number of rotatable bonds is 6. The summed E-state index contributed by atoms with van der Waals surface area (Å²) in [4.78, 5) is 2.62. The van der Waals surface area contributed by atoms with Gasteiger partial charge in [0.15, 0.2) is 0 Å². The third-order valence-electron chi connectivity index (χ3n) is 5.35. The predicted octanol–water partition coefficient (Wildman–Crippen LogP) is 6.99. The SMILES string of the molecule is CCCCC1CCN(C(c2ccc(Cl)cc2)c2ccc(Cl)cc2)CC1. The van der Waals surface area contributed by atoms with E-state index in [4.69, 9.17) is 23.2 Å². The van der Waals surface area contributed by atoms with Crippen molar-refractivity contribution in [3.8, 4) is 0 Å². The monoisotopic (exact) mass is 375 g/mol. The highest BCUT2D eigenvalue weighted by molar-refractivity contribution is 6.30. The number of hydrogen-bond donors (Lipinski definition) is 0. The Balaban J connectivity index is 1.80. The summed E-state index contributed by atoms with van der Waals surface area (Å²) in [6.07, 6.45) is 6.66. The first kappa shape index (κ1) is 18.8. The summed E-state index contributed by atoms with van der Waals surface area (Å²) in [6.45, 7) is 4.60. The second-order valence-electron chi connectivity index (χ2n) is 7.13. The molecule has 0 aromatic heterocycles. The van der Waals surface area contributed by atoms with Crippen LogP contribution in [0.4, 0.5) is 0 Å². The zero-order valence-electron chi connectivity index (χ0n) is 14.9. The fraction of sp³-hybridized carbons (Fsp3) is 0.455. The van der Waals surface area contributed by atoms with Crippen molar-refractivity contribution in [3.05, 3.63) is 69.7 Å². The van der Waals surface area contributed by atoms with E-state index < -0.39 is 0 Å². The van der Waals surface area contributed by atoms with E-state index in [1.54, 1.807) is 0 Å². The number of halogens is 2. The Morgan fingerprint density at radius 3 is 1.80 bits per heavy atom. The van der Waals surface area contributed by atoms with Crippen LogP contribution in [0, 0.1) is 5.92 Å². The molecule has 0 atom stereocenters. The predicted molar refractivity (Wildman–Crippen MR) is 109 cm³/mol. The van der Waals surface area contributed by atoms with Crippen LogP contribution >= 0.6 is 23.2 Å². The molecule has 1 saturated heterocycles. The van der Waals surface area contributed by atoms with Crippen LogP contribution in [0.15, 0.2) is 48.5 Å². The molecule has 25 heavy (non-hydrogen) atoms. The maximum Gasteiger partial charge on any atom is 0.0601 e. The van der Waals surface area contributed by atoms with Gasteiger partial charge in [0.05, 0.1) is 6.04 Å². The molecule has 1 aliphatic rings. The van der Waals surface area contributed by atoms with Gasteiger partial charge in [-0.15, -0.1) is 0 Å². The first-order chi connectivity index (χ1) is 12.2. The minimum absolute atomic E-state index is 0.279. The van der Waals surface area contributed by atoms with Crippen molar-refractivity contribution in [3.63, 3.8) is 0 Å². The van der Waals surface area contributed by atoms with Crippen molar-refractivity contribution < 1.29 is 0 Å². The lowest BCUT2D eigenvalue weighted by Gasteiger charge is -2.38.